The van der Waals surface area contributed by atoms with Crippen LogP contribution in [0.4, 0.5) is 0 Å². The number of hydrogen-bond donors (Lipinski definition) is 0. The summed E-state index contributed by atoms with van der Waals surface area (Å²) in [6.45, 7) is 12.3. The van der Waals surface area contributed by atoms with Crippen LogP contribution >= 0.6 is 0 Å². The predicted octanol–water partition coefficient (Wildman–Crippen LogP) is 8.24. The molecule has 3 aromatic rings. The van der Waals surface area contributed by atoms with E-state index >= 15 is 0 Å². The summed E-state index contributed by atoms with van der Waals surface area (Å²) in [6.07, 6.45) is 13.8. The summed E-state index contributed by atoms with van der Waals surface area (Å²) in [4.78, 5) is 0. The van der Waals surface area contributed by atoms with Gasteiger partial charge in [0.25, 0.3) is 0 Å². The lowest BCUT2D eigenvalue weighted by molar-refractivity contribution is -0.0199. The second-order valence-electron chi connectivity index (χ2n) is 9.89. The molecule has 174 valence electrons. The summed E-state index contributed by atoms with van der Waals surface area (Å²) in [5, 5.41) is 1.26. The molecule has 0 spiro atoms. The minimum Gasteiger partial charge on any atom is -0.376 e. The van der Waals surface area contributed by atoms with Crippen molar-refractivity contribution in [2.24, 2.45) is 12.5 Å². The van der Waals surface area contributed by atoms with Crippen LogP contribution in [-0.2, 0) is 24.8 Å². The Morgan fingerprint density at radius 1 is 1.15 bits per heavy atom. The monoisotopic (exact) mass is 441 g/mol. The number of rotatable bonds is 10. The number of benzene rings is 2. The van der Waals surface area contributed by atoms with Gasteiger partial charge in [-0.05, 0) is 79.3 Å². The van der Waals surface area contributed by atoms with Crippen molar-refractivity contribution in [3.63, 3.8) is 0 Å². The lowest BCUT2D eigenvalue weighted by Crippen LogP contribution is -2.34. The van der Waals surface area contributed by atoms with Crippen molar-refractivity contribution in [1.29, 1.82) is 0 Å². The largest absolute Gasteiger partial charge is 0.376 e. The molecule has 2 aromatic carbocycles. The molecule has 1 aliphatic carbocycles. The lowest BCUT2D eigenvalue weighted by atomic mass is 9.67. The highest BCUT2D eigenvalue weighted by Gasteiger charge is 2.36. The number of aryl methyl sites for hydroxylation is 1. The van der Waals surface area contributed by atoms with E-state index in [0.717, 1.165) is 19.6 Å². The van der Waals surface area contributed by atoms with Crippen molar-refractivity contribution in [3.05, 3.63) is 82.6 Å². The van der Waals surface area contributed by atoms with E-state index in [2.05, 4.69) is 87.5 Å². The van der Waals surface area contributed by atoms with Crippen molar-refractivity contribution in [3.8, 4) is 0 Å². The number of nitrogens with zero attached hydrogens (tertiary/aromatic N) is 1. The predicted molar refractivity (Wildman–Crippen MR) is 143 cm³/mol. The van der Waals surface area contributed by atoms with E-state index in [1.165, 1.54) is 76.5 Å². The third-order valence-corrected chi connectivity index (χ3v) is 7.69. The summed E-state index contributed by atoms with van der Waals surface area (Å²) in [5.74, 6) is 0. The van der Waals surface area contributed by atoms with Crippen LogP contribution < -0.4 is 0 Å². The van der Waals surface area contributed by atoms with Crippen LogP contribution in [0.15, 0.2) is 49.1 Å². The van der Waals surface area contributed by atoms with Crippen molar-refractivity contribution in [2.45, 2.75) is 65.9 Å². The first kappa shape index (κ1) is 23.6. The molecule has 1 fully saturated rings. The Morgan fingerprint density at radius 3 is 2.61 bits per heavy atom. The molecule has 1 saturated carbocycles. The van der Waals surface area contributed by atoms with Crippen LogP contribution in [0.3, 0.4) is 0 Å². The smallest absolute Gasteiger partial charge is 0.0719 e. The molecule has 0 unspecified atom stereocenters. The zero-order valence-electron chi connectivity index (χ0n) is 20.9. The number of ether oxygens (including phenoxy) is 1. The van der Waals surface area contributed by atoms with Crippen LogP contribution in [0.1, 0.15) is 79.5 Å². The summed E-state index contributed by atoms with van der Waals surface area (Å²) < 4.78 is 8.55. The van der Waals surface area contributed by atoms with Crippen molar-refractivity contribution < 1.29 is 4.74 Å². The molecule has 1 aromatic heterocycles. The maximum absolute atomic E-state index is 6.27. The Labute approximate surface area is 200 Å². The average molecular weight is 442 g/mol. The fourth-order valence-corrected chi connectivity index (χ4v) is 5.57. The third-order valence-electron chi connectivity index (χ3n) is 7.69. The van der Waals surface area contributed by atoms with Gasteiger partial charge < -0.3 is 9.30 Å². The first-order valence-electron chi connectivity index (χ1n) is 12.5. The molecular formula is C31H39NO. The second-order valence-corrected chi connectivity index (χ2v) is 9.89. The molecule has 0 amide bonds. The van der Waals surface area contributed by atoms with Gasteiger partial charge in [0.15, 0.2) is 0 Å². The zero-order valence-corrected chi connectivity index (χ0v) is 20.9. The number of hydrogen-bond acceptors (Lipinski definition) is 1. The van der Waals surface area contributed by atoms with Crippen LogP contribution in [0.2, 0.25) is 0 Å². The number of fused-ring (bicyclic) bond motifs is 1. The molecule has 0 N–H and O–H groups in total. The minimum atomic E-state index is 0.459. The SMILES string of the molecule is C=Cc1c(/C=C\C)n(C)c2cc(Cc3cccc(COCC4(CCC)CCC4)c3C)ccc12. The standard InChI is InChI=1S/C31H39NO/c1-6-11-29-27(8-3)28-15-14-24(20-30(28)32(29)5)19-25-12-9-13-26(23(25)4)21-33-22-31(16-7-2)17-10-18-31/h6,8-9,11-15,20H,3,7,10,16-19,21-22H2,1-2,4-5H3/b11-6-. The molecule has 2 heteroatoms. The van der Waals surface area contributed by atoms with Gasteiger partial charge >= 0.3 is 0 Å². The summed E-state index contributed by atoms with van der Waals surface area (Å²) in [5.41, 5.74) is 9.54. The first-order valence-corrected chi connectivity index (χ1v) is 12.5. The lowest BCUT2D eigenvalue weighted by Gasteiger charge is -2.41. The molecule has 1 aliphatic rings. The molecule has 33 heavy (non-hydrogen) atoms. The van der Waals surface area contributed by atoms with Crippen molar-refractivity contribution >= 4 is 23.1 Å². The number of aromatic nitrogens is 1. The Bertz CT molecular complexity index is 1160. The fourth-order valence-electron chi connectivity index (χ4n) is 5.57. The van der Waals surface area contributed by atoms with Gasteiger partial charge in [-0.25, -0.2) is 0 Å². The van der Waals surface area contributed by atoms with Crippen molar-refractivity contribution in [1.82, 2.24) is 4.57 Å². The Hall–Kier alpha value is -2.58. The zero-order chi connectivity index (χ0) is 23.4. The summed E-state index contributed by atoms with van der Waals surface area (Å²) in [7, 11) is 2.14. The molecule has 0 saturated heterocycles. The van der Waals surface area contributed by atoms with Gasteiger partial charge in [-0.2, -0.15) is 0 Å². The third kappa shape index (κ3) is 4.73. The van der Waals surface area contributed by atoms with E-state index < -0.39 is 0 Å². The highest BCUT2D eigenvalue weighted by atomic mass is 16.5. The maximum Gasteiger partial charge on any atom is 0.0719 e. The molecule has 0 bridgehead atoms. The second kappa shape index (κ2) is 10.1. The van der Waals surface area contributed by atoms with Crippen LogP contribution in [0.5, 0.6) is 0 Å². The fraction of sp³-hybridized carbons (Fsp3) is 0.419. The van der Waals surface area contributed by atoms with E-state index in [1.807, 2.05) is 6.08 Å². The maximum atomic E-state index is 6.27. The molecular weight excluding hydrogens is 402 g/mol. The van der Waals surface area contributed by atoms with E-state index in [1.54, 1.807) is 0 Å². The molecule has 0 aliphatic heterocycles. The van der Waals surface area contributed by atoms with Gasteiger partial charge in [0.2, 0.25) is 0 Å². The molecule has 0 radical (unpaired) electrons. The Kier molecular flexibility index (Phi) is 7.24. The summed E-state index contributed by atoms with van der Waals surface area (Å²) in [6, 6.07) is 13.5. The number of allylic oxidation sites excluding steroid dienone is 1. The van der Waals surface area contributed by atoms with Gasteiger partial charge in [0, 0.05) is 29.2 Å². The van der Waals surface area contributed by atoms with Gasteiger partial charge in [-0.15, -0.1) is 0 Å². The Morgan fingerprint density at radius 2 is 1.94 bits per heavy atom. The normalized spacial score (nSPS) is 15.3. The molecule has 1 heterocycles. The quantitative estimate of drug-likeness (QED) is 0.309. The highest BCUT2D eigenvalue weighted by molar-refractivity contribution is 5.94. The average Bonchev–Trinajstić information content (AvgIpc) is 3.05. The van der Waals surface area contributed by atoms with E-state index in [9.17, 15) is 0 Å². The minimum absolute atomic E-state index is 0.459. The van der Waals surface area contributed by atoms with Gasteiger partial charge in [0.1, 0.15) is 0 Å². The van der Waals surface area contributed by atoms with E-state index in [0.29, 0.717) is 5.41 Å². The van der Waals surface area contributed by atoms with Crippen LogP contribution in [0.25, 0.3) is 23.1 Å². The molecule has 0 atom stereocenters. The van der Waals surface area contributed by atoms with E-state index in [4.69, 9.17) is 4.74 Å². The topological polar surface area (TPSA) is 14.2 Å². The van der Waals surface area contributed by atoms with Gasteiger partial charge in [0.05, 0.1) is 13.2 Å². The van der Waals surface area contributed by atoms with Crippen molar-refractivity contribution in [2.75, 3.05) is 6.61 Å². The van der Waals surface area contributed by atoms with E-state index in [-0.39, 0.29) is 0 Å². The van der Waals surface area contributed by atoms with Crippen LogP contribution in [-0.4, -0.2) is 11.2 Å². The molecule has 4 rings (SSSR count). The highest BCUT2D eigenvalue weighted by Crippen LogP contribution is 2.45. The summed E-state index contributed by atoms with van der Waals surface area (Å²) >= 11 is 0. The first-order chi connectivity index (χ1) is 16.0. The molecule has 2 nitrogen and oxygen atoms in total. The van der Waals surface area contributed by atoms with Crippen LogP contribution in [0, 0.1) is 12.3 Å². The van der Waals surface area contributed by atoms with Gasteiger partial charge in [-0.1, -0.05) is 68.8 Å². The Balaban J connectivity index is 1.52. The van der Waals surface area contributed by atoms with Gasteiger partial charge in [-0.3, -0.25) is 0 Å².